The molecule has 8 heteroatoms. The summed E-state index contributed by atoms with van der Waals surface area (Å²) >= 11 is 1.20. The van der Waals surface area contributed by atoms with Gasteiger partial charge in [-0.25, -0.2) is 9.37 Å². The molecule has 3 rings (SSSR count). The average molecular weight is 453 g/mol. The summed E-state index contributed by atoms with van der Waals surface area (Å²) in [7, 11) is 0. The number of carbonyl (C=O) groups is 1. The molecule has 1 amide bonds. The van der Waals surface area contributed by atoms with Crippen LogP contribution in [0.15, 0.2) is 12.1 Å². The molecule has 0 bridgehead atoms. The molecule has 1 fully saturated rings. The minimum atomic E-state index is -1.02. The Morgan fingerprint density at radius 1 is 1.29 bits per heavy atom. The maximum atomic E-state index is 15.1. The van der Waals surface area contributed by atoms with Gasteiger partial charge >= 0.3 is 0 Å². The summed E-state index contributed by atoms with van der Waals surface area (Å²) in [5.74, 6) is -0.226. The van der Waals surface area contributed by atoms with Crippen LogP contribution in [0.3, 0.4) is 0 Å². The van der Waals surface area contributed by atoms with Gasteiger partial charge < -0.3 is 19.9 Å². The van der Waals surface area contributed by atoms with Gasteiger partial charge in [0.15, 0.2) is 11.6 Å². The van der Waals surface area contributed by atoms with Crippen molar-refractivity contribution >= 4 is 27.5 Å². The number of aliphatic hydroxyl groups is 1. The van der Waals surface area contributed by atoms with Crippen molar-refractivity contribution in [1.82, 2.24) is 10.3 Å². The van der Waals surface area contributed by atoms with E-state index in [1.54, 1.807) is 12.1 Å². The first-order valence-corrected chi connectivity index (χ1v) is 11.9. The van der Waals surface area contributed by atoms with Crippen LogP contribution in [0, 0.1) is 5.82 Å². The van der Waals surface area contributed by atoms with E-state index in [2.05, 4.69) is 10.3 Å². The summed E-state index contributed by atoms with van der Waals surface area (Å²) in [6, 6.07) is 3.38. The van der Waals surface area contributed by atoms with Gasteiger partial charge in [0.2, 0.25) is 5.91 Å². The number of amides is 1. The molecule has 0 spiro atoms. The molecule has 6 nitrogen and oxygen atoms in total. The van der Waals surface area contributed by atoms with Crippen molar-refractivity contribution in [3.8, 4) is 5.75 Å². The van der Waals surface area contributed by atoms with Gasteiger partial charge in [-0.05, 0) is 57.6 Å². The standard InChI is InChI=1S/C23H33FN2O4S/c1-5-23(28,6-2)22-26-18-11-12-19(20(24)21(18)31-22)30-17-9-7-16(8-10-17)29-13-14(3)25-15(4)27/h11-12,14,16-17,28H,5-10,13H2,1-4H3,(H,25,27)/t14-,16?,17?/m0/s1. The van der Waals surface area contributed by atoms with Crippen LogP contribution < -0.4 is 10.1 Å². The zero-order chi connectivity index (χ0) is 22.6. The summed E-state index contributed by atoms with van der Waals surface area (Å²) < 4.78 is 27.5. The van der Waals surface area contributed by atoms with E-state index >= 15 is 4.39 Å². The molecule has 0 unspecified atom stereocenters. The third-order valence-electron chi connectivity index (χ3n) is 5.98. The second-order valence-electron chi connectivity index (χ2n) is 8.44. The highest BCUT2D eigenvalue weighted by molar-refractivity contribution is 7.18. The highest BCUT2D eigenvalue weighted by Gasteiger charge is 2.30. The fourth-order valence-corrected chi connectivity index (χ4v) is 5.17. The smallest absolute Gasteiger partial charge is 0.217 e. The Kier molecular flexibility index (Phi) is 7.88. The molecule has 1 aromatic heterocycles. The quantitative estimate of drug-likeness (QED) is 0.578. The Labute approximate surface area is 187 Å². The maximum absolute atomic E-state index is 15.1. The van der Waals surface area contributed by atoms with Crippen LogP contribution in [0.5, 0.6) is 5.75 Å². The van der Waals surface area contributed by atoms with Gasteiger partial charge in [-0.3, -0.25) is 4.79 Å². The van der Waals surface area contributed by atoms with Gasteiger partial charge in [-0.2, -0.15) is 0 Å². The van der Waals surface area contributed by atoms with Crippen LogP contribution >= 0.6 is 11.3 Å². The van der Waals surface area contributed by atoms with Crippen molar-refractivity contribution in [2.75, 3.05) is 6.61 Å². The molecule has 1 heterocycles. The maximum Gasteiger partial charge on any atom is 0.217 e. The lowest BCUT2D eigenvalue weighted by molar-refractivity contribution is -0.120. The van der Waals surface area contributed by atoms with Crippen molar-refractivity contribution in [3.05, 3.63) is 23.0 Å². The van der Waals surface area contributed by atoms with Gasteiger partial charge in [0.05, 0.1) is 29.0 Å². The van der Waals surface area contributed by atoms with E-state index in [1.165, 1.54) is 18.3 Å². The van der Waals surface area contributed by atoms with Crippen molar-refractivity contribution < 1.29 is 23.8 Å². The minimum absolute atomic E-state index is 0.0188. The van der Waals surface area contributed by atoms with Gasteiger partial charge in [-0.1, -0.05) is 13.8 Å². The van der Waals surface area contributed by atoms with Gasteiger partial charge in [0.25, 0.3) is 0 Å². The second-order valence-corrected chi connectivity index (χ2v) is 9.43. The predicted molar refractivity (Wildman–Crippen MR) is 120 cm³/mol. The Morgan fingerprint density at radius 3 is 2.55 bits per heavy atom. The van der Waals surface area contributed by atoms with Gasteiger partial charge in [0, 0.05) is 13.0 Å². The SMILES string of the molecule is CCC(O)(CC)c1nc2ccc(OC3CCC(OC[C@H](C)NC(C)=O)CC3)c(F)c2s1. The number of hydrogen-bond acceptors (Lipinski definition) is 6. The highest BCUT2D eigenvalue weighted by atomic mass is 32.1. The number of nitrogens with one attached hydrogen (secondary N) is 1. The van der Waals surface area contributed by atoms with E-state index < -0.39 is 11.4 Å². The number of nitrogens with zero attached hydrogens (tertiary/aromatic N) is 1. The molecule has 1 saturated carbocycles. The van der Waals surface area contributed by atoms with Crippen LogP contribution in [-0.4, -0.2) is 40.9 Å². The lowest BCUT2D eigenvalue weighted by Gasteiger charge is -2.30. The first-order chi connectivity index (χ1) is 14.8. The van der Waals surface area contributed by atoms with Gasteiger partial charge in [-0.15, -0.1) is 11.3 Å². The molecule has 2 N–H and O–H groups in total. The molecule has 172 valence electrons. The minimum Gasteiger partial charge on any atom is -0.487 e. The molecular formula is C23H33FN2O4S. The lowest BCUT2D eigenvalue weighted by atomic mass is 9.95. The fourth-order valence-electron chi connectivity index (χ4n) is 3.95. The number of halogens is 1. The Balaban J connectivity index is 1.59. The third-order valence-corrected chi connectivity index (χ3v) is 7.23. The van der Waals surface area contributed by atoms with Crippen LogP contribution in [0.2, 0.25) is 0 Å². The second kappa shape index (κ2) is 10.2. The Bertz CT molecular complexity index is 891. The number of carbonyl (C=O) groups excluding carboxylic acids is 1. The number of benzene rings is 1. The van der Waals surface area contributed by atoms with Crippen LogP contribution in [-0.2, 0) is 15.1 Å². The summed E-state index contributed by atoms with van der Waals surface area (Å²) in [5, 5.41) is 14.1. The van der Waals surface area contributed by atoms with Crippen molar-refractivity contribution in [2.45, 2.75) is 90.1 Å². The molecule has 31 heavy (non-hydrogen) atoms. The van der Waals surface area contributed by atoms with E-state index in [4.69, 9.17) is 9.47 Å². The summed E-state index contributed by atoms with van der Waals surface area (Å²) in [5.41, 5.74) is -0.469. The van der Waals surface area contributed by atoms with E-state index in [0.29, 0.717) is 34.7 Å². The van der Waals surface area contributed by atoms with Crippen LogP contribution in [0.1, 0.15) is 71.2 Å². The number of ether oxygens (including phenoxy) is 2. The highest BCUT2D eigenvalue weighted by Crippen LogP contribution is 2.38. The first-order valence-electron chi connectivity index (χ1n) is 11.1. The third kappa shape index (κ3) is 5.73. The van der Waals surface area contributed by atoms with E-state index in [0.717, 1.165) is 25.7 Å². The van der Waals surface area contributed by atoms with E-state index in [-0.39, 0.29) is 29.9 Å². The van der Waals surface area contributed by atoms with Crippen molar-refractivity contribution in [2.24, 2.45) is 0 Å². The molecular weight excluding hydrogens is 419 g/mol. The molecule has 0 saturated heterocycles. The average Bonchev–Trinajstić information content (AvgIpc) is 3.20. The number of rotatable bonds is 9. The van der Waals surface area contributed by atoms with E-state index in [1.807, 2.05) is 20.8 Å². The van der Waals surface area contributed by atoms with Crippen LogP contribution in [0.25, 0.3) is 10.2 Å². The van der Waals surface area contributed by atoms with Crippen molar-refractivity contribution in [1.29, 1.82) is 0 Å². The Morgan fingerprint density at radius 2 is 1.94 bits per heavy atom. The normalized spacial score (nSPS) is 20.6. The Hall–Kier alpha value is -1.77. The molecule has 1 aliphatic rings. The number of aromatic nitrogens is 1. The predicted octanol–water partition coefficient (Wildman–Crippen LogP) is 4.67. The van der Waals surface area contributed by atoms with E-state index in [9.17, 15) is 9.90 Å². The zero-order valence-corrected chi connectivity index (χ0v) is 19.6. The molecule has 0 aliphatic heterocycles. The molecule has 1 atom stereocenters. The number of thiazole rings is 1. The van der Waals surface area contributed by atoms with Crippen LogP contribution in [0.4, 0.5) is 4.39 Å². The molecule has 1 aromatic carbocycles. The summed E-state index contributed by atoms with van der Waals surface area (Å²) in [6.07, 6.45) is 4.39. The topological polar surface area (TPSA) is 80.7 Å². The van der Waals surface area contributed by atoms with Crippen molar-refractivity contribution in [3.63, 3.8) is 0 Å². The lowest BCUT2D eigenvalue weighted by Crippen LogP contribution is -2.36. The molecule has 0 radical (unpaired) electrons. The monoisotopic (exact) mass is 452 g/mol. The van der Waals surface area contributed by atoms with Gasteiger partial charge in [0.1, 0.15) is 10.6 Å². The first kappa shape index (κ1) is 23.9. The number of hydrogen-bond donors (Lipinski definition) is 2. The molecule has 1 aliphatic carbocycles. The summed E-state index contributed by atoms with van der Waals surface area (Å²) in [4.78, 5) is 15.6. The fraction of sp³-hybridized carbons (Fsp3) is 0.652. The molecule has 2 aromatic rings. The summed E-state index contributed by atoms with van der Waals surface area (Å²) in [6.45, 7) is 7.71. The number of fused-ring (bicyclic) bond motifs is 1. The zero-order valence-electron chi connectivity index (χ0n) is 18.7. The largest absolute Gasteiger partial charge is 0.487 e.